The molecule has 2 aromatic rings. The molecular weight excluding hydrogens is 255 g/mol. The average Bonchev–Trinajstić information content (AvgIpc) is 2.87. The predicted molar refractivity (Wildman–Crippen MR) is 67.3 cm³/mol. The number of thiophene rings is 1. The van der Waals surface area contributed by atoms with Gasteiger partial charge in [0.1, 0.15) is 0 Å². The van der Waals surface area contributed by atoms with Gasteiger partial charge in [-0.05, 0) is 25.1 Å². The monoisotopic (exact) mass is 266 g/mol. The van der Waals surface area contributed by atoms with Crippen molar-refractivity contribution in [3.8, 4) is 0 Å². The maximum atomic E-state index is 12.7. The van der Waals surface area contributed by atoms with Crippen molar-refractivity contribution in [2.75, 3.05) is 0 Å². The third-order valence-corrected chi connectivity index (χ3v) is 3.11. The lowest BCUT2D eigenvalue weighted by Gasteiger charge is -1.93. The van der Waals surface area contributed by atoms with Crippen molar-refractivity contribution in [1.82, 2.24) is 15.2 Å². The van der Waals surface area contributed by atoms with Gasteiger partial charge in [-0.1, -0.05) is 0 Å². The van der Waals surface area contributed by atoms with E-state index in [0.29, 0.717) is 10.6 Å². The molecule has 7 heteroatoms. The number of hydrogen-bond acceptors (Lipinski definition) is 4. The minimum absolute atomic E-state index is 0.289. The molecule has 0 spiro atoms. The van der Waals surface area contributed by atoms with Gasteiger partial charge in [0.2, 0.25) is 0 Å². The first-order chi connectivity index (χ1) is 8.56. The average molecular weight is 266 g/mol. The molecule has 0 aromatic carbocycles. The van der Waals surface area contributed by atoms with Crippen molar-refractivity contribution in [3.05, 3.63) is 39.6 Å². The molecule has 0 saturated carbocycles. The Morgan fingerprint density at radius 1 is 1.61 bits per heavy atom. The van der Waals surface area contributed by atoms with Crippen LogP contribution in [0.5, 0.6) is 0 Å². The van der Waals surface area contributed by atoms with Crippen LogP contribution in [0.15, 0.2) is 23.3 Å². The van der Waals surface area contributed by atoms with E-state index in [1.54, 1.807) is 23.9 Å². The molecular formula is C11H11FN4OS. The standard InChI is InChI=1S/C11H11FN4OS/c1-7-5-9(15-16(7)2)11(17)14-13-6-8-3-4-10(12)18-8/h3-6H,1-2H3,(H,14,17)/b13-6-. The van der Waals surface area contributed by atoms with E-state index >= 15 is 0 Å². The summed E-state index contributed by atoms with van der Waals surface area (Å²) in [6, 6.07) is 4.59. The fraction of sp³-hybridized carbons (Fsp3) is 0.182. The molecule has 0 atom stereocenters. The van der Waals surface area contributed by atoms with Gasteiger partial charge in [-0.15, -0.1) is 11.3 Å². The third-order valence-electron chi connectivity index (χ3n) is 2.30. The maximum Gasteiger partial charge on any atom is 0.291 e. The highest BCUT2D eigenvalue weighted by atomic mass is 32.1. The van der Waals surface area contributed by atoms with E-state index in [0.717, 1.165) is 17.0 Å². The zero-order valence-corrected chi connectivity index (χ0v) is 10.7. The van der Waals surface area contributed by atoms with Gasteiger partial charge in [0.05, 0.1) is 11.1 Å². The number of amides is 1. The third kappa shape index (κ3) is 2.80. The van der Waals surface area contributed by atoms with Crippen molar-refractivity contribution in [3.63, 3.8) is 0 Å². The molecule has 5 nitrogen and oxygen atoms in total. The number of hydrazone groups is 1. The van der Waals surface area contributed by atoms with Crippen LogP contribution < -0.4 is 5.43 Å². The fourth-order valence-corrected chi connectivity index (χ4v) is 1.88. The van der Waals surface area contributed by atoms with Gasteiger partial charge in [-0.2, -0.15) is 14.6 Å². The summed E-state index contributed by atoms with van der Waals surface area (Å²) >= 11 is 0.955. The Labute approximate surface area is 107 Å². The Balaban J connectivity index is 1.98. The lowest BCUT2D eigenvalue weighted by Crippen LogP contribution is -2.18. The molecule has 0 aliphatic rings. The summed E-state index contributed by atoms with van der Waals surface area (Å²) in [4.78, 5) is 12.3. The molecule has 2 aromatic heterocycles. The van der Waals surface area contributed by atoms with Gasteiger partial charge in [-0.3, -0.25) is 9.48 Å². The van der Waals surface area contributed by atoms with Crippen LogP contribution >= 0.6 is 11.3 Å². The molecule has 0 radical (unpaired) electrons. The number of carbonyl (C=O) groups excluding carboxylic acids is 1. The van der Waals surface area contributed by atoms with E-state index in [-0.39, 0.29) is 5.13 Å². The number of halogens is 1. The van der Waals surface area contributed by atoms with Gasteiger partial charge < -0.3 is 0 Å². The lowest BCUT2D eigenvalue weighted by molar-refractivity contribution is 0.0949. The van der Waals surface area contributed by atoms with Crippen LogP contribution in [0, 0.1) is 12.1 Å². The van der Waals surface area contributed by atoms with E-state index in [2.05, 4.69) is 15.6 Å². The first kappa shape index (κ1) is 12.4. The summed E-state index contributed by atoms with van der Waals surface area (Å²) in [7, 11) is 1.75. The van der Waals surface area contributed by atoms with E-state index in [1.807, 2.05) is 6.92 Å². The molecule has 18 heavy (non-hydrogen) atoms. The Kier molecular flexibility index (Phi) is 3.52. The predicted octanol–water partition coefficient (Wildman–Crippen LogP) is 1.69. The van der Waals surface area contributed by atoms with Gasteiger partial charge in [-0.25, -0.2) is 5.43 Å². The first-order valence-corrected chi connectivity index (χ1v) is 5.97. The fourth-order valence-electron chi connectivity index (χ4n) is 1.28. The number of rotatable bonds is 3. The normalized spacial score (nSPS) is 11.1. The van der Waals surface area contributed by atoms with Crippen molar-refractivity contribution >= 4 is 23.5 Å². The van der Waals surface area contributed by atoms with Crippen molar-refractivity contribution in [2.24, 2.45) is 12.1 Å². The largest absolute Gasteiger partial charge is 0.291 e. The van der Waals surface area contributed by atoms with Crippen LogP contribution in [0.25, 0.3) is 0 Å². The molecule has 94 valence electrons. The zero-order valence-electron chi connectivity index (χ0n) is 9.85. The van der Waals surface area contributed by atoms with Gasteiger partial charge in [0.15, 0.2) is 10.8 Å². The molecule has 0 aliphatic carbocycles. The second-order valence-corrected chi connectivity index (χ2v) is 4.70. The number of nitrogens with one attached hydrogen (secondary N) is 1. The van der Waals surface area contributed by atoms with Crippen LogP contribution in [0.4, 0.5) is 4.39 Å². The Bertz CT molecular complexity index is 582. The lowest BCUT2D eigenvalue weighted by atomic mass is 10.3. The van der Waals surface area contributed by atoms with Gasteiger partial charge >= 0.3 is 0 Å². The smallest absolute Gasteiger partial charge is 0.272 e. The molecule has 0 saturated heterocycles. The Hall–Kier alpha value is -2.02. The van der Waals surface area contributed by atoms with E-state index in [9.17, 15) is 9.18 Å². The highest BCUT2D eigenvalue weighted by Gasteiger charge is 2.09. The van der Waals surface area contributed by atoms with Gasteiger partial charge in [0, 0.05) is 12.7 Å². The molecule has 0 fully saturated rings. The maximum absolute atomic E-state index is 12.7. The SMILES string of the molecule is Cc1cc(C(=O)N/N=C\c2ccc(F)s2)nn1C. The number of aromatic nitrogens is 2. The van der Waals surface area contributed by atoms with Crippen molar-refractivity contribution in [1.29, 1.82) is 0 Å². The molecule has 0 bridgehead atoms. The molecule has 0 unspecified atom stereocenters. The van der Waals surface area contributed by atoms with Gasteiger partial charge in [0.25, 0.3) is 5.91 Å². The molecule has 0 aliphatic heterocycles. The summed E-state index contributed by atoms with van der Waals surface area (Å²) in [6.45, 7) is 1.85. The summed E-state index contributed by atoms with van der Waals surface area (Å²) in [5, 5.41) is 7.46. The first-order valence-electron chi connectivity index (χ1n) is 5.15. The Morgan fingerprint density at radius 3 is 2.94 bits per heavy atom. The number of hydrogen-bond donors (Lipinski definition) is 1. The van der Waals surface area contributed by atoms with E-state index in [4.69, 9.17) is 0 Å². The highest BCUT2D eigenvalue weighted by Crippen LogP contribution is 2.11. The second-order valence-electron chi connectivity index (χ2n) is 3.64. The van der Waals surface area contributed by atoms with Crippen LogP contribution in [-0.4, -0.2) is 21.9 Å². The van der Waals surface area contributed by atoms with Crippen LogP contribution in [0.2, 0.25) is 0 Å². The number of carbonyl (C=O) groups is 1. The number of nitrogens with zero attached hydrogens (tertiary/aromatic N) is 3. The van der Waals surface area contributed by atoms with E-state index < -0.39 is 5.91 Å². The molecule has 1 amide bonds. The van der Waals surface area contributed by atoms with Crippen molar-refractivity contribution < 1.29 is 9.18 Å². The summed E-state index contributed by atoms with van der Waals surface area (Å²) in [5.41, 5.74) is 3.51. The van der Waals surface area contributed by atoms with Crippen molar-refractivity contribution in [2.45, 2.75) is 6.92 Å². The molecule has 2 rings (SSSR count). The van der Waals surface area contributed by atoms with E-state index in [1.165, 1.54) is 12.3 Å². The summed E-state index contributed by atoms with van der Waals surface area (Å²) < 4.78 is 14.3. The summed E-state index contributed by atoms with van der Waals surface area (Å²) in [5.74, 6) is -0.396. The summed E-state index contributed by atoms with van der Waals surface area (Å²) in [6.07, 6.45) is 1.39. The second kappa shape index (κ2) is 5.09. The molecule has 1 N–H and O–H groups in total. The van der Waals surface area contributed by atoms with Crippen LogP contribution in [0.3, 0.4) is 0 Å². The topological polar surface area (TPSA) is 59.3 Å². The van der Waals surface area contributed by atoms with Crippen LogP contribution in [-0.2, 0) is 7.05 Å². The highest BCUT2D eigenvalue weighted by molar-refractivity contribution is 7.12. The van der Waals surface area contributed by atoms with Crippen LogP contribution in [0.1, 0.15) is 21.1 Å². The minimum Gasteiger partial charge on any atom is -0.272 e. The molecule has 2 heterocycles. The quantitative estimate of drug-likeness (QED) is 0.679. The zero-order chi connectivity index (χ0) is 13.1. The Morgan fingerprint density at radius 2 is 2.39 bits per heavy atom. The minimum atomic E-state index is -0.396. The number of aryl methyl sites for hydroxylation is 2.